The molecule has 1 aliphatic carbocycles. The fourth-order valence-electron chi connectivity index (χ4n) is 3.39. The van der Waals surface area contributed by atoms with Gasteiger partial charge in [0.15, 0.2) is 6.29 Å². The Morgan fingerprint density at radius 3 is 1.81 bits per heavy atom. The summed E-state index contributed by atoms with van der Waals surface area (Å²) in [6.45, 7) is 0. The molecule has 3 rings (SSSR count). The smallest absolute Gasteiger partial charge is 0.437 e. The molecule has 0 unspecified atom stereocenters. The molecule has 9 nitrogen and oxygen atoms in total. The fourth-order valence-corrected chi connectivity index (χ4v) is 3.39. The van der Waals surface area contributed by atoms with Gasteiger partial charge in [0.1, 0.15) is 17.2 Å². The number of esters is 2. The summed E-state index contributed by atoms with van der Waals surface area (Å²) in [5, 5.41) is 18.5. The largest absolute Gasteiger partial charge is 0.513 e. The van der Waals surface area contributed by atoms with E-state index >= 15 is 0 Å². The highest BCUT2D eigenvalue weighted by atomic mass is 16.7. The van der Waals surface area contributed by atoms with Crippen molar-refractivity contribution < 1.29 is 43.5 Å². The SMILES string of the molecule is COC(=O)Oc1ccc(OC(=O)c2ccc(OC(=O)C3CCC(C(O)O)CC3)cc2)cc1. The maximum atomic E-state index is 12.3. The Labute approximate surface area is 184 Å². The van der Waals surface area contributed by atoms with E-state index in [-0.39, 0.29) is 34.9 Å². The van der Waals surface area contributed by atoms with Crippen molar-refractivity contribution >= 4 is 18.1 Å². The minimum absolute atomic E-state index is 0.207. The van der Waals surface area contributed by atoms with E-state index in [0.29, 0.717) is 31.4 Å². The lowest BCUT2D eigenvalue weighted by atomic mass is 9.82. The van der Waals surface area contributed by atoms with Gasteiger partial charge in [0.2, 0.25) is 0 Å². The van der Waals surface area contributed by atoms with E-state index in [1.54, 1.807) is 0 Å². The van der Waals surface area contributed by atoms with Gasteiger partial charge in [-0.05, 0) is 74.2 Å². The third-order valence-corrected chi connectivity index (χ3v) is 5.24. The van der Waals surface area contributed by atoms with Crippen LogP contribution >= 0.6 is 0 Å². The molecule has 2 N–H and O–H groups in total. The van der Waals surface area contributed by atoms with E-state index in [4.69, 9.17) is 14.2 Å². The average molecular weight is 444 g/mol. The zero-order valence-electron chi connectivity index (χ0n) is 17.4. The Balaban J connectivity index is 1.51. The Morgan fingerprint density at radius 1 is 0.781 bits per heavy atom. The molecule has 0 heterocycles. The molecule has 9 heteroatoms. The van der Waals surface area contributed by atoms with Gasteiger partial charge in [0.05, 0.1) is 18.6 Å². The molecule has 1 aliphatic rings. The van der Waals surface area contributed by atoms with Gasteiger partial charge in [0, 0.05) is 5.92 Å². The minimum atomic E-state index is -1.36. The maximum Gasteiger partial charge on any atom is 0.513 e. The standard InChI is InChI=1S/C23H24O9/c1-29-23(28)32-19-12-10-18(11-13-19)31-22(27)16-6-8-17(9-7-16)30-21(26)15-4-2-14(3-5-15)20(24)25/h6-15,20,24-25H,2-5H2,1H3. The predicted octanol–water partition coefficient (Wildman–Crippen LogP) is 3.07. The summed E-state index contributed by atoms with van der Waals surface area (Å²) in [6.07, 6.45) is -0.0300. The lowest BCUT2D eigenvalue weighted by Crippen LogP contribution is -2.30. The maximum absolute atomic E-state index is 12.3. The number of aliphatic hydroxyl groups is 2. The fraction of sp³-hybridized carbons (Fsp3) is 0.348. The number of ether oxygens (including phenoxy) is 4. The molecule has 170 valence electrons. The molecule has 1 fully saturated rings. The number of hydrogen-bond acceptors (Lipinski definition) is 9. The Morgan fingerprint density at radius 2 is 1.28 bits per heavy atom. The number of aliphatic hydroxyl groups excluding tert-OH is 1. The van der Waals surface area contributed by atoms with Gasteiger partial charge in [-0.1, -0.05) is 0 Å². The monoisotopic (exact) mass is 444 g/mol. The van der Waals surface area contributed by atoms with Crippen LogP contribution in [0.25, 0.3) is 0 Å². The second-order valence-corrected chi connectivity index (χ2v) is 7.39. The third-order valence-electron chi connectivity index (χ3n) is 5.24. The molecule has 0 amide bonds. The van der Waals surface area contributed by atoms with E-state index in [1.807, 2.05) is 0 Å². The van der Waals surface area contributed by atoms with Gasteiger partial charge in [-0.25, -0.2) is 9.59 Å². The van der Waals surface area contributed by atoms with Crippen molar-refractivity contribution in [3.8, 4) is 17.2 Å². The summed E-state index contributed by atoms with van der Waals surface area (Å²) in [5.41, 5.74) is 0.261. The predicted molar refractivity (Wildman–Crippen MR) is 110 cm³/mol. The van der Waals surface area contributed by atoms with Crippen molar-refractivity contribution in [1.82, 2.24) is 0 Å². The average Bonchev–Trinajstić information content (AvgIpc) is 2.80. The van der Waals surface area contributed by atoms with Crippen molar-refractivity contribution in [2.24, 2.45) is 11.8 Å². The minimum Gasteiger partial charge on any atom is -0.437 e. The molecule has 2 aromatic carbocycles. The number of methoxy groups -OCH3 is 1. The molecule has 2 aromatic rings. The van der Waals surface area contributed by atoms with Gasteiger partial charge in [-0.15, -0.1) is 0 Å². The Kier molecular flexibility index (Phi) is 7.80. The van der Waals surface area contributed by atoms with E-state index in [0.717, 1.165) is 0 Å². The van der Waals surface area contributed by atoms with E-state index < -0.39 is 18.4 Å². The number of hydrogen-bond donors (Lipinski definition) is 2. The zero-order chi connectivity index (χ0) is 23.1. The highest BCUT2D eigenvalue weighted by Crippen LogP contribution is 2.31. The van der Waals surface area contributed by atoms with Crippen molar-refractivity contribution in [1.29, 1.82) is 0 Å². The molecule has 0 saturated heterocycles. The van der Waals surface area contributed by atoms with Crippen LogP contribution < -0.4 is 14.2 Å². The number of rotatable bonds is 6. The van der Waals surface area contributed by atoms with Crippen LogP contribution in [0.2, 0.25) is 0 Å². The summed E-state index contributed by atoms with van der Waals surface area (Å²) < 4.78 is 19.9. The normalized spacial score (nSPS) is 18.0. The van der Waals surface area contributed by atoms with Gasteiger partial charge < -0.3 is 29.2 Å². The van der Waals surface area contributed by atoms with Crippen LogP contribution in [0.5, 0.6) is 17.2 Å². The first-order valence-electron chi connectivity index (χ1n) is 10.1. The highest BCUT2D eigenvalue weighted by molar-refractivity contribution is 5.91. The van der Waals surface area contributed by atoms with Crippen LogP contribution in [0.4, 0.5) is 4.79 Å². The molecule has 0 aromatic heterocycles. The lowest BCUT2D eigenvalue weighted by molar-refractivity contribution is -0.143. The van der Waals surface area contributed by atoms with Crippen LogP contribution in [0.1, 0.15) is 36.0 Å². The first kappa shape index (κ1) is 23.2. The van der Waals surface area contributed by atoms with Crippen LogP contribution in [0.3, 0.4) is 0 Å². The van der Waals surface area contributed by atoms with Crippen molar-refractivity contribution in [3.63, 3.8) is 0 Å². The summed E-state index contributed by atoms with van der Waals surface area (Å²) in [4.78, 5) is 35.7. The number of carbonyl (C=O) groups excluding carboxylic acids is 3. The first-order valence-corrected chi connectivity index (χ1v) is 10.1. The van der Waals surface area contributed by atoms with Crippen LogP contribution in [0.15, 0.2) is 48.5 Å². The van der Waals surface area contributed by atoms with Crippen LogP contribution in [-0.2, 0) is 9.53 Å². The highest BCUT2D eigenvalue weighted by Gasteiger charge is 2.30. The van der Waals surface area contributed by atoms with Gasteiger partial charge >= 0.3 is 18.1 Å². The van der Waals surface area contributed by atoms with Crippen LogP contribution in [0, 0.1) is 11.8 Å². The van der Waals surface area contributed by atoms with Crippen molar-refractivity contribution in [2.45, 2.75) is 32.0 Å². The number of carbonyl (C=O) groups is 3. The number of benzene rings is 2. The summed E-state index contributed by atoms with van der Waals surface area (Å²) >= 11 is 0. The summed E-state index contributed by atoms with van der Waals surface area (Å²) in [5.74, 6) is -0.678. The second-order valence-electron chi connectivity index (χ2n) is 7.39. The molecule has 0 bridgehead atoms. The zero-order valence-corrected chi connectivity index (χ0v) is 17.4. The lowest BCUT2D eigenvalue weighted by Gasteiger charge is -2.28. The van der Waals surface area contributed by atoms with Crippen molar-refractivity contribution in [2.75, 3.05) is 7.11 Å². The molecular weight excluding hydrogens is 420 g/mol. The van der Waals surface area contributed by atoms with E-state index in [2.05, 4.69) is 4.74 Å². The van der Waals surface area contributed by atoms with Gasteiger partial charge in [-0.3, -0.25) is 4.79 Å². The van der Waals surface area contributed by atoms with Gasteiger partial charge in [-0.2, -0.15) is 0 Å². The van der Waals surface area contributed by atoms with Gasteiger partial charge in [0.25, 0.3) is 0 Å². The van der Waals surface area contributed by atoms with Crippen LogP contribution in [-0.4, -0.2) is 41.7 Å². The topological polar surface area (TPSA) is 129 Å². The molecule has 1 saturated carbocycles. The molecule has 32 heavy (non-hydrogen) atoms. The summed E-state index contributed by atoms with van der Waals surface area (Å²) in [6, 6.07) is 11.8. The molecule has 0 radical (unpaired) electrons. The molecule has 0 aliphatic heterocycles. The van der Waals surface area contributed by atoms with Crippen molar-refractivity contribution in [3.05, 3.63) is 54.1 Å². The third kappa shape index (κ3) is 6.29. The van der Waals surface area contributed by atoms with E-state index in [1.165, 1.54) is 55.6 Å². The Hall–Kier alpha value is -3.43. The Bertz CT molecular complexity index is 927. The van der Waals surface area contributed by atoms with E-state index in [9.17, 15) is 24.6 Å². The molecule has 0 spiro atoms. The molecule has 0 atom stereocenters. The second kappa shape index (κ2) is 10.7. The molecular formula is C23H24O9. The first-order chi connectivity index (χ1) is 15.4. The quantitative estimate of drug-likeness (QED) is 0.299. The summed E-state index contributed by atoms with van der Waals surface area (Å²) in [7, 11) is 1.19.